The molecule has 0 fully saturated rings. The van der Waals surface area contributed by atoms with Crippen LogP contribution in [0, 0.1) is 0 Å². The van der Waals surface area contributed by atoms with Gasteiger partial charge in [0.1, 0.15) is 0 Å². The maximum Gasteiger partial charge on any atom is 0.0465 e. The molecule has 0 atom stereocenters. The summed E-state index contributed by atoms with van der Waals surface area (Å²) in [7, 11) is 0. The summed E-state index contributed by atoms with van der Waals surface area (Å²) < 4.78 is 0. The van der Waals surface area contributed by atoms with Gasteiger partial charge in [-0.05, 0) is 112 Å². The highest BCUT2D eigenvalue weighted by Gasteiger charge is 2.36. The predicted octanol–water partition coefficient (Wildman–Crippen LogP) is 12.6. The zero-order chi connectivity index (χ0) is 31.8. The molecule has 0 bridgehead atoms. The van der Waals surface area contributed by atoms with Crippen molar-refractivity contribution in [2.75, 3.05) is 9.80 Å². The van der Waals surface area contributed by atoms with E-state index < -0.39 is 0 Å². The Morgan fingerprint density at radius 1 is 0.319 bits per heavy atom. The highest BCUT2D eigenvalue weighted by molar-refractivity contribution is 5.87. The molecule has 0 unspecified atom stereocenters. The van der Waals surface area contributed by atoms with Gasteiger partial charge in [0.2, 0.25) is 0 Å². The van der Waals surface area contributed by atoms with Gasteiger partial charge in [0.15, 0.2) is 0 Å². The van der Waals surface area contributed by atoms with Gasteiger partial charge in [-0.25, -0.2) is 0 Å². The molecule has 8 rings (SSSR count). The fourth-order valence-corrected chi connectivity index (χ4v) is 7.05. The lowest BCUT2D eigenvalue weighted by atomic mass is 9.81. The molecule has 0 radical (unpaired) electrons. The normalized spacial score (nSPS) is 12.6. The summed E-state index contributed by atoms with van der Waals surface area (Å²) >= 11 is 0. The molecule has 0 saturated carbocycles. The van der Waals surface area contributed by atoms with E-state index in [4.69, 9.17) is 0 Å². The van der Waals surface area contributed by atoms with Crippen molar-refractivity contribution in [3.63, 3.8) is 0 Å². The lowest BCUT2D eigenvalue weighted by Gasteiger charge is -2.28. The smallest absolute Gasteiger partial charge is 0.0465 e. The molecule has 2 heteroatoms. The summed E-state index contributed by atoms with van der Waals surface area (Å²) in [6.45, 7) is 4.72. The fraction of sp³-hybridized carbons (Fsp3) is 0.0667. The first-order valence-electron chi connectivity index (χ1n) is 16.3. The van der Waals surface area contributed by atoms with Crippen molar-refractivity contribution in [3.05, 3.63) is 193 Å². The van der Waals surface area contributed by atoms with Crippen molar-refractivity contribution in [2.24, 2.45) is 0 Å². The zero-order valence-electron chi connectivity index (χ0n) is 26.7. The van der Waals surface area contributed by atoms with E-state index in [-0.39, 0.29) is 5.41 Å². The summed E-state index contributed by atoms with van der Waals surface area (Å²) in [5.41, 5.74) is 14.5. The minimum absolute atomic E-state index is 0.146. The number of hydrogen-bond acceptors (Lipinski definition) is 2. The fourth-order valence-electron chi connectivity index (χ4n) is 7.05. The van der Waals surface area contributed by atoms with Crippen LogP contribution in [0.1, 0.15) is 25.0 Å². The van der Waals surface area contributed by atoms with Gasteiger partial charge in [-0.1, -0.05) is 117 Å². The van der Waals surface area contributed by atoms with E-state index in [2.05, 4.69) is 206 Å². The van der Waals surface area contributed by atoms with Crippen LogP contribution < -0.4 is 9.80 Å². The van der Waals surface area contributed by atoms with Crippen LogP contribution in [0.5, 0.6) is 0 Å². The van der Waals surface area contributed by atoms with E-state index in [0.29, 0.717) is 0 Å². The van der Waals surface area contributed by atoms with Gasteiger partial charge in [0, 0.05) is 39.5 Å². The molecule has 0 saturated heterocycles. The highest BCUT2D eigenvalue weighted by atomic mass is 15.1. The third-order valence-corrected chi connectivity index (χ3v) is 9.43. The van der Waals surface area contributed by atoms with Gasteiger partial charge >= 0.3 is 0 Å². The minimum Gasteiger partial charge on any atom is -0.311 e. The maximum absolute atomic E-state index is 2.41. The van der Waals surface area contributed by atoms with Crippen molar-refractivity contribution in [1.29, 1.82) is 0 Å². The van der Waals surface area contributed by atoms with E-state index in [9.17, 15) is 0 Å². The molecule has 226 valence electrons. The summed E-state index contributed by atoms with van der Waals surface area (Å²) in [6.07, 6.45) is 0. The van der Waals surface area contributed by atoms with Crippen LogP contribution in [0.2, 0.25) is 0 Å². The van der Waals surface area contributed by atoms with Gasteiger partial charge < -0.3 is 9.80 Å². The molecule has 7 aromatic rings. The Kier molecular flexibility index (Phi) is 7.19. The third-order valence-electron chi connectivity index (χ3n) is 9.43. The number of hydrogen-bond donors (Lipinski definition) is 0. The monoisotopic (exact) mass is 604 g/mol. The Hall–Kier alpha value is -5.86. The van der Waals surface area contributed by atoms with Crippen LogP contribution in [0.3, 0.4) is 0 Å². The summed E-state index contributed by atoms with van der Waals surface area (Å²) in [5, 5.41) is 0. The molecular weight excluding hydrogens is 569 g/mol. The van der Waals surface area contributed by atoms with E-state index >= 15 is 0 Å². The van der Waals surface area contributed by atoms with E-state index in [1.54, 1.807) is 0 Å². The number of fused-ring (bicyclic) bond motifs is 3. The van der Waals surface area contributed by atoms with E-state index in [1.807, 2.05) is 0 Å². The molecule has 1 aliphatic rings. The second-order valence-corrected chi connectivity index (χ2v) is 12.7. The Labute approximate surface area is 277 Å². The van der Waals surface area contributed by atoms with Crippen LogP contribution in [-0.4, -0.2) is 0 Å². The van der Waals surface area contributed by atoms with Crippen LogP contribution in [0.25, 0.3) is 22.3 Å². The largest absolute Gasteiger partial charge is 0.311 e. The lowest BCUT2D eigenvalue weighted by Crippen LogP contribution is -2.16. The average molecular weight is 605 g/mol. The van der Waals surface area contributed by atoms with Crippen LogP contribution in [0.15, 0.2) is 182 Å². The number of benzene rings is 7. The van der Waals surface area contributed by atoms with Crippen molar-refractivity contribution >= 4 is 34.1 Å². The summed E-state index contributed by atoms with van der Waals surface area (Å²) in [4.78, 5) is 4.65. The van der Waals surface area contributed by atoms with Gasteiger partial charge in [-0.15, -0.1) is 0 Å². The molecule has 2 nitrogen and oxygen atoms in total. The highest BCUT2D eigenvalue weighted by Crippen LogP contribution is 2.51. The topological polar surface area (TPSA) is 6.48 Å². The van der Waals surface area contributed by atoms with E-state index in [1.165, 1.54) is 39.1 Å². The first kappa shape index (κ1) is 28.6. The first-order valence-corrected chi connectivity index (χ1v) is 16.3. The molecule has 0 aromatic heterocycles. The van der Waals surface area contributed by atoms with Crippen molar-refractivity contribution in [1.82, 2.24) is 0 Å². The molecule has 47 heavy (non-hydrogen) atoms. The summed E-state index contributed by atoms with van der Waals surface area (Å²) in [5.74, 6) is 0. The number of rotatable bonds is 7. The average Bonchev–Trinajstić information content (AvgIpc) is 3.36. The molecule has 7 aromatic carbocycles. The second kappa shape index (κ2) is 11.8. The van der Waals surface area contributed by atoms with Gasteiger partial charge in [-0.2, -0.15) is 0 Å². The molecule has 0 N–H and O–H groups in total. The number of nitrogens with zero attached hydrogens (tertiary/aromatic N) is 2. The molecular formula is C45H36N2. The third kappa shape index (κ3) is 5.18. The Morgan fingerprint density at radius 2 is 0.660 bits per heavy atom. The summed E-state index contributed by atoms with van der Waals surface area (Å²) in [6, 6.07) is 65.3. The second-order valence-electron chi connectivity index (χ2n) is 12.7. The zero-order valence-corrected chi connectivity index (χ0v) is 26.7. The van der Waals surface area contributed by atoms with Gasteiger partial charge in [-0.3, -0.25) is 0 Å². The molecule has 1 aliphatic carbocycles. The van der Waals surface area contributed by atoms with Gasteiger partial charge in [0.05, 0.1) is 0 Å². The van der Waals surface area contributed by atoms with Crippen molar-refractivity contribution in [2.45, 2.75) is 19.3 Å². The SMILES string of the molecule is CC1(C)c2cc(-c3ccc(N(c4ccccc4)c4ccccc4)cc3)ccc2-c2ccc(N(c3ccccc3)c3ccccc3)cc21. The maximum atomic E-state index is 2.41. The standard InChI is InChI=1S/C45H36N2/c1-45(2)43-31-34(33-23-26-39(27-24-33)46(35-15-7-3-8-16-35)36-17-9-4-10-18-36)25-29-41(43)42-30-28-40(32-44(42)45)47(37-19-11-5-12-20-37)38-21-13-6-14-22-38/h3-32H,1-2H3. The van der Waals surface area contributed by atoms with Crippen LogP contribution >= 0.6 is 0 Å². The molecule has 0 heterocycles. The molecule has 0 spiro atoms. The lowest BCUT2D eigenvalue weighted by molar-refractivity contribution is 0.660. The minimum atomic E-state index is -0.146. The Bertz CT molecular complexity index is 2060. The first-order chi connectivity index (χ1) is 23.1. The number of anilines is 6. The van der Waals surface area contributed by atoms with Crippen LogP contribution in [-0.2, 0) is 5.41 Å². The van der Waals surface area contributed by atoms with Gasteiger partial charge in [0.25, 0.3) is 0 Å². The molecule has 0 amide bonds. The quantitative estimate of drug-likeness (QED) is 0.179. The van der Waals surface area contributed by atoms with E-state index in [0.717, 1.165) is 28.4 Å². The molecule has 0 aliphatic heterocycles. The van der Waals surface area contributed by atoms with Crippen LogP contribution in [0.4, 0.5) is 34.1 Å². The Balaban J connectivity index is 1.14. The van der Waals surface area contributed by atoms with Crippen molar-refractivity contribution in [3.8, 4) is 22.3 Å². The predicted molar refractivity (Wildman–Crippen MR) is 199 cm³/mol. The number of para-hydroxylation sites is 4. The Morgan fingerprint density at radius 3 is 1.13 bits per heavy atom. The van der Waals surface area contributed by atoms with Crippen molar-refractivity contribution < 1.29 is 0 Å².